The van der Waals surface area contributed by atoms with E-state index in [4.69, 9.17) is 14.2 Å². The molecular weight excluding hydrogens is 584 g/mol. The lowest BCUT2D eigenvalue weighted by molar-refractivity contribution is 0.0969. The van der Waals surface area contributed by atoms with Crippen LogP contribution in [-0.2, 0) is 26.2 Å². The fourth-order valence-corrected chi connectivity index (χ4v) is 5.52. The summed E-state index contributed by atoms with van der Waals surface area (Å²) in [6.45, 7) is 1.20. The van der Waals surface area contributed by atoms with Crippen LogP contribution in [0.3, 0.4) is 0 Å². The second-order valence-electron chi connectivity index (χ2n) is 11.8. The van der Waals surface area contributed by atoms with E-state index in [1.54, 1.807) is 0 Å². The SMILES string of the molecule is O=C(CCCCCCCCc1ccc(OCc2ccccc2)c(O)c1)c1c(OCc2ccccc2)cccc1OCc1ccccc1. The van der Waals surface area contributed by atoms with Crippen LogP contribution in [-0.4, -0.2) is 10.9 Å². The molecule has 0 aromatic heterocycles. The fraction of sp³-hybridized carbons (Fsp3) is 0.262. The second-order valence-corrected chi connectivity index (χ2v) is 11.8. The maximum absolute atomic E-state index is 13.6. The van der Waals surface area contributed by atoms with Crippen LogP contribution in [0, 0.1) is 0 Å². The summed E-state index contributed by atoms with van der Waals surface area (Å²) in [5.41, 5.74) is 4.79. The van der Waals surface area contributed by atoms with Gasteiger partial charge < -0.3 is 19.3 Å². The number of ketones is 1. The number of hydrogen-bond acceptors (Lipinski definition) is 5. The van der Waals surface area contributed by atoms with Crippen molar-refractivity contribution in [2.75, 3.05) is 0 Å². The lowest BCUT2D eigenvalue weighted by atomic mass is 10.0. The van der Waals surface area contributed by atoms with Crippen LogP contribution < -0.4 is 14.2 Å². The number of carbonyl (C=O) groups is 1. The van der Waals surface area contributed by atoms with Gasteiger partial charge in [-0.05, 0) is 65.8 Å². The maximum Gasteiger partial charge on any atom is 0.170 e. The van der Waals surface area contributed by atoms with Gasteiger partial charge in [-0.3, -0.25) is 4.79 Å². The van der Waals surface area contributed by atoms with Gasteiger partial charge in [-0.2, -0.15) is 0 Å². The highest BCUT2D eigenvalue weighted by Crippen LogP contribution is 2.32. The molecule has 0 heterocycles. The molecule has 0 saturated heterocycles. The molecule has 5 aromatic rings. The third-order valence-electron chi connectivity index (χ3n) is 8.12. The molecule has 5 aromatic carbocycles. The molecule has 5 nitrogen and oxygen atoms in total. The first-order valence-corrected chi connectivity index (χ1v) is 16.6. The summed E-state index contributed by atoms with van der Waals surface area (Å²) in [4.78, 5) is 13.6. The molecule has 0 fully saturated rings. The molecule has 242 valence electrons. The third kappa shape index (κ3) is 10.8. The number of aryl methyl sites for hydroxylation is 1. The number of phenolic OH excluding ortho intramolecular Hbond substituents is 1. The van der Waals surface area contributed by atoms with E-state index in [1.807, 2.05) is 127 Å². The normalized spacial score (nSPS) is 10.8. The molecule has 0 unspecified atom stereocenters. The van der Waals surface area contributed by atoms with Crippen molar-refractivity contribution in [1.29, 1.82) is 0 Å². The third-order valence-corrected chi connectivity index (χ3v) is 8.12. The molecule has 0 atom stereocenters. The van der Waals surface area contributed by atoms with E-state index in [-0.39, 0.29) is 11.5 Å². The first-order chi connectivity index (χ1) is 23.2. The van der Waals surface area contributed by atoms with Crippen molar-refractivity contribution in [3.63, 3.8) is 0 Å². The van der Waals surface area contributed by atoms with Crippen LogP contribution in [0.2, 0.25) is 0 Å². The first-order valence-electron chi connectivity index (χ1n) is 16.6. The minimum atomic E-state index is 0.0488. The first kappa shape index (κ1) is 33.3. The molecule has 47 heavy (non-hydrogen) atoms. The molecule has 0 radical (unpaired) electrons. The summed E-state index contributed by atoms with van der Waals surface area (Å²) in [5.74, 6) is 1.86. The average Bonchev–Trinajstić information content (AvgIpc) is 3.11. The highest BCUT2D eigenvalue weighted by atomic mass is 16.5. The van der Waals surface area contributed by atoms with Crippen molar-refractivity contribution in [2.45, 2.75) is 71.2 Å². The van der Waals surface area contributed by atoms with E-state index >= 15 is 0 Å². The average molecular weight is 629 g/mol. The number of phenols is 1. The summed E-state index contributed by atoms with van der Waals surface area (Å²) in [6.07, 6.45) is 7.53. The summed E-state index contributed by atoms with van der Waals surface area (Å²) in [6, 6.07) is 41.2. The van der Waals surface area contributed by atoms with Gasteiger partial charge in [-0.25, -0.2) is 0 Å². The molecule has 5 rings (SSSR count). The highest BCUT2D eigenvalue weighted by Gasteiger charge is 2.19. The van der Waals surface area contributed by atoms with Crippen LogP contribution in [0.4, 0.5) is 0 Å². The van der Waals surface area contributed by atoms with E-state index in [2.05, 4.69) is 0 Å². The molecule has 0 aliphatic heterocycles. The molecule has 1 N–H and O–H groups in total. The predicted molar refractivity (Wildman–Crippen MR) is 187 cm³/mol. The van der Waals surface area contributed by atoms with Crippen LogP contribution in [0.15, 0.2) is 127 Å². The topological polar surface area (TPSA) is 65.0 Å². The monoisotopic (exact) mass is 628 g/mol. The number of rotatable bonds is 19. The van der Waals surface area contributed by atoms with E-state index in [0.717, 1.165) is 67.2 Å². The van der Waals surface area contributed by atoms with Crippen molar-refractivity contribution in [2.24, 2.45) is 0 Å². The highest BCUT2D eigenvalue weighted by molar-refractivity contribution is 6.01. The zero-order valence-electron chi connectivity index (χ0n) is 27.0. The number of unbranched alkanes of at least 4 members (excludes halogenated alkanes) is 5. The second kappa shape index (κ2) is 18.2. The van der Waals surface area contributed by atoms with Gasteiger partial charge in [0.2, 0.25) is 0 Å². The Labute approximate surface area is 278 Å². The number of aromatic hydroxyl groups is 1. The van der Waals surface area contributed by atoms with Crippen molar-refractivity contribution in [3.8, 4) is 23.0 Å². The maximum atomic E-state index is 13.6. The molecule has 0 aliphatic carbocycles. The summed E-state index contributed by atoms with van der Waals surface area (Å²) in [7, 11) is 0. The van der Waals surface area contributed by atoms with Crippen molar-refractivity contribution in [3.05, 3.63) is 155 Å². The fourth-order valence-electron chi connectivity index (χ4n) is 5.52. The Morgan fingerprint density at radius 3 is 1.45 bits per heavy atom. The lowest BCUT2D eigenvalue weighted by Crippen LogP contribution is -2.08. The Hall–Kier alpha value is -5.03. The zero-order valence-corrected chi connectivity index (χ0v) is 27.0. The van der Waals surface area contributed by atoms with Gasteiger partial charge in [0.1, 0.15) is 36.9 Å². The van der Waals surface area contributed by atoms with Gasteiger partial charge in [0.05, 0.1) is 0 Å². The zero-order chi connectivity index (χ0) is 32.5. The Balaban J connectivity index is 1.05. The molecule has 0 amide bonds. The number of carbonyl (C=O) groups excluding carboxylic acids is 1. The molecule has 0 spiro atoms. The van der Waals surface area contributed by atoms with E-state index < -0.39 is 0 Å². The van der Waals surface area contributed by atoms with Crippen LogP contribution in [0.5, 0.6) is 23.0 Å². The van der Waals surface area contributed by atoms with E-state index in [1.165, 1.54) is 0 Å². The van der Waals surface area contributed by atoms with Crippen LogP contribution in [0.25, 0.3) is 0 Å². The number of Topliss-reactive ketones (excluding diaryl/α,β-unsaturated/α-hetero) is 1. The van der Waals surface area contributed by atoms with Gasteiger partial charge in [0, 0.05) is 6.42 Å². The van der Waals surface area contributed by atoms with Crippen LogP contribution >= 0.6 is 0 Å². The summed E-state index contributed by atoms with van der Waals surface area (Å²) >= 11 is 0. The summed E-state index contributed by atoms with van der Waals surface area (Å²) < 4.78 is 18.1. The largest absolute Gasteiger partial charge is 0.504 e. The number of hydrogen-bond donors (Lipinski definition) is 1. The van der Waals surface area contributed by atoms with Crippen molar-refractivity contribution < 1.29 is 24.1 Å². The molecule has 0 bridgehead atoms. The minimum absolute atomic E-state index is 0.0488. The molecule has 5 heteroatoms. The molecule has 0 saturated carbocycles. The Kier molecular flexibility index (Phi) is 12.9. The van der Waals surface area contributed by atoms with Gasteiger partial charge in [-0.15, -0.1) is 0 Å². The smallest absolute Gasteiger partial charge is 0.170 e. The van der Waals surface area contributed by atoms with E-state index in [0.29, 0.717) is 49.1 Å². The van der Waals surface area contributed by atoms with Gasteiger partial charge in [0.15, 0.2) is 17.3 Å². The van der Waals surface area contributed by atoms with Crippen molar-refractivity contribution >= 4 is 5.78 Å². The van der Waals surface area contributed by atoms with Gasteiger partial charge >= 0.3 is 0 Å². The minimum Gasteiger partial charge on any atom is -0.504 e. The lowest BCUT2D eigenvalue weighted by Gasteiger charge is -2.16. The Morgan fingerprint density at radius 1 is 0.468 bits per heavy atom. The standard InChI is InChI=1S/C42H44O5/c43-37(24-15-4-2-1-3-8-17-33-27-28-39(38(44)29-33)45-30-34-18-9-5-10-19-34)42-40(46-31-35-20-11-6-12-21-35)25-16-26-41(42)47-32-36-22-13-7-14-23-36/h5-7,9-14,16,18-23,25-29,44H,1-4,8,15,17,24,30-32H2. The molecule has 0 aliphatic rings. The Bertz CT molecular complexity index is 1590. The number of benzene rings is 5. The Morgan fingerprint density at radius 2 is 0.936 bits per heavy atom. The molecular formula is C42H44O5. The summed E-state index contributed by atoms with van der Waals surface area (Å²) in [5, 5.41) is 10.4. The van der Waals surface area contributed by atoms with Gasteiger partial charge in [0.25, 0.3) is 0 Å². The van der Waals surface area contributed by atoms with Crippen LogP contribution in [0.1, 0.15) is 77.6 Å². The predicted octanol–water partition coefficient (Wildman–Crippen LogP) is 10.3. The van der Waals surface area contributed by atoms with Gasteiger partial charge in [-0.1, -0.05) is 129 Å². The number of ether oxygens (including phenoxy) is 3. The van der Waals surface area contributed by atoms with Crippen molar-refractivity contribution in [1.82, 2.24) is 0 Å². The van der Waals surface area contributed by atoms with E-state index in [9.17, 15) is 9.90 Å². The quantitative estimate of drug-likeness (QED) is 0.0728.